The van der Waals surface area contributed by atoms with E-state index < -0.39 is 10.8 Å². The highest BCUT2D eigenvalue weighted by Crippen LogP contribution is 2.23. The molecule has 1 aromatic carbocycles. The van der Waals surface area contributed by atoms with Crippen LogP contribution in [0.15, 0.2) is 29.3 Å². The Morgan fingerprint density at radius 3 is 2.44 bits per heavy atom. The van der Waals surface area contributed by atoms with E-state index in [-0.39, 0.29) is 29.4 Å². The summed E-state index contributed by atoms with van der Waals surface area (Å²) in [6.45, 7) is 9.46. The van der Waals surface area contributed by atoms with Crippen LogP contribution in [0.1, 0.15) is 64.5 Å². The van der Waals surface area contributed by atoms with Gasteiger partial charge in [-0.05, 0) is 35.8 Å². The Labute approximate surface area is 184 Å². The van der Waals surface area contributed by atoms with E-state index in [0.717, 1.165) is 43.9 Å². The fourth-order valence-electron chi connectivity index (χ4n) is 3.45. The Kier molecular flexibility index (Phi) is 10.3. The van der Waals surface area contributed by atoms with Crippen molar-refractivity contribution in [3.05, 3.63) is 35.4 Å². The number of nitrogens with one attached hydrogen (secondary N) is 2. The number of rotatable bonds is 5. The molecule has 0 aromatic heterocycles. The number of benzene rings is 1. The first-order valence-corrected chi connectivity index (χ1v) is 11.2. The standard InChI is InChI=1S/C21H35N3OS.HI/c1-6-26(25)19-9-7-8-18(14-19)24-20(22-5)23-15-16-10-12-17(13-11-16)21(2,3)4;/h10-13,18-19H,6-9,14-15H2,1-5H3,(H2,22,23,24);1H. The average molecular weight is 506 g/mol. The number of aliphatic imine (C=N–C) groups is 1. The normalized spacial score (nSPS) is 21.9. The molecule has 2 rings (SSSR count). The molecule has 6 heteroatoms. The van der Waals surface area contributed by atoms with Gasteiger partial charge in [0.1, 0.15) is 0 Å². The third-order valence-electron chi connectivity index (χ3n) is 5.13. The average Bonchev–Trinajstić information content (AvgIpc) is 2.64. The van der Waals surface area contributed by atoms with Gasteiger partial charge in [0.05, 0.1) is 0 Å². The fourth-order valence-corrected chi connectivity index (χ4v) is 4.79. The van der Waals surface area contributed by atoms with Gasteiger partial charge in [-0.15, -0.1) is 24.0 Å². The molecule has 0 heterocycles. The lowest BCUT2D eigenvalue weighted by Gasteiger charge is -2.30. The molecular formula is C21H36IN3OS. The van der Waals surface area contributed by atoms with Crippen molar-refractivity contribution in [3.63, 3.8) is 0 Å². The van der Waals surface area contributed by atoms with Crippen LogP contribution in [0.4, 0.5) is 0 Å². The molecule has 3 atom stereocenters. The second-order valence-corrected chi connectivity index (χ2v) is 10.2. The van der Waals surface area contributed by atoms with Gasteiger partial charge >= 0.3 is 0 Å². The first kappa shape index (κ1) is 24.4. The lowest BCUT2D eigenvalue weighted by molar-refractivity contribution is 0.413. The minimum atomic E-state index is -0.694. The molecule has 0 bridgehead atoms. The molecule has 3 unspecified atom stereocenters. The van der Waals surface area contributed by atoms with E-state index in [2.05, 4.69) is 60.7 Å². The summed E-state index contributed by atoms with van der Waals surface area (Å²) in [6, 6.07) is 9.14. The zero-order valence-electron chi connectivity index (χ0n) is 17.4. The molecule has 0 amide bonds. The maximum Gasteiger partial charge on any atom is 0.191 e. The van der Waals surface area contributed by atoms with Crippen molar-refractivity contribution in [1.29, 1.82) is 0 Å². The largest absolute Gasteiger partial charge is 0.354 e. The van der Waals surface area contributed by atoms with Gasteiger partial charge in [-0.1, -0.05) is 58.4 Å². The topological polar surface area (TPSA) is 53.5 Å². The van der Waals surface area contributed by atoms with Crippen LogP contribution in [-0.2, 0) is 22.8 Å². The Bertz CT molecular complexity index is 625. The lowest BCUT2D eigenvalue weighted by atomic mass is 9.87. The molecule has 4 nitrogen and oxygen atoms in total. The van der Waals surface area contributed by atoms with E-state index in [1.807, 2.05) is 14.0 Å². The van der Waals surface area contributed by atoms with Gasteiger partial charge in [0, 0.05) is 41.4 Å². The summed E-state index contributed by atoms with van der Waals surface area (Å²) >= 11 is 0. The Morgan fingerprint density at radius 2 is 1.89 bits per heavy atom. The number of nitrogens with zero attached hydrogens (tertiary/aromatic N) is 1. The highest BCUT2D eigenvalue weighted by molar-refractivity contribution is 14.0. The second kappa shape index (κ2) is 11.4. The first-order valence-electron chi connectivity index (χ1n) is 9.77. The second-order valence-electron chi connectivity index (χ2n) is 8.17. The quantitative estimate of drug-likeness (QED) is 0.356. The van der Waals surface area contributed by atoms with Gasteiger partial charge in [0.25, 0.3) is 0 Å². The number of hydrogen-bond donors (Lipinski definition) is 2. The van der Waals surface area contributed by atoms with Crippen LogP contribution >= 0.6 is 24.0 Å². The first-order chi connectivity index (χ1) is 12.3. The summed E-state index contributed by atoms with van der Waals surface area (Å²) in [7, 11) is 1.11. The lowest BCUT2D eigenvalue weighted by Crippen LogP contribution is -2.46. The minimum Gasteiger partial charge on any atom is -0.354 e. The molecule has 0 saturated heterocycles. The van der Waals surface area contributed by atoms with Gasteiger partial charge in [0.15, 0.2) is 5.96 Å². The number of hydrogen-bond acceptors (Lipinski definition) is 2. The zero-order valence-corrected chi connectivity index (χ0v) is 20.5. The molecule has 0 aliphatic heterocycles. The predicted molar refractivity (Wildman–Crippen MR) is 129 cm³/mol. The SMILES string of the molecule is CCS(=O)C1CCCC(NC(=NC)NCc2ccc(C(C)(C)C)cc2)C1.I. The molecule has 27 heavy (non-hydrogen) atoms. The number of halogens is 1. The summed E-state index contributed by atoms with van der Waals surface area (Å²) in [4.78, 5) is 4.36. The van der Waals surface area contributed by atoms with Crippen molar-refractivity contribution in [2.75, 3.05) is 12.8 Å². The van der Waals surface area contributed by atoms with E-state index in [0.29, 0.717) is 11.3 Å². The van der Waals surface area contributed by atoms with Crippen LogP contribution < -0.4 is 10.6 Å². The van der Waals surface area contributed by atoms with Crippen molar-refractivity contribution in [3.8, 4) is 0 Å². The third kappa shape index (κ3) is 7.72. The molecule has 0 spiro atoms. The highest BCUT2D eigenvalue weighted by atomic mass is 127. The summed E-state index contributed by atoms with van der Waals surface area (Å²) in [5, 5.41) is 7.27. The Morgan fingerprint density at radius 1 is 1.22 bits per heavy atom. The molecule has 154 valence electrons. The van der Waals surface area contributed by atoms with Crippen molar-refractivity contribution < 1.29 is 4.21 Å². The molecule has 1 aliphatic rings. The van der Waals surface area contributed by atoms with Crippen LogP contribution in [0.3, 0.4) is 0 Å². The van der Waals surface area contributed by atoms with Crippen molar-refractivity contribution >= 4 is 40.7 Å². The van der Waals surface area contributed by atoms with Crippen LogP contribution in [0.25, 0.3) is 0 Å². The molecule has 1 aliphatic carbocycles. The van der Waals surface area contributed by atoms with Crippen molar-refractivity contribution in [2.24, 2.45) is 4.99 Å². The van der Waals surface area contributed by atoms with Crippen molar-refractivity contribution in [2.45, 2.75) is 76.6 Å². The predicted octanol–water partition coefficient (Wildman–Crippen LogP) is 4.35. The van der Waals surface area contributed by atoms with Gasteiger partial charge in [-0.2, -0.15) is 0 Å². The van der Waals surface area contributed by atoms with Crippen LogP contribution in [0, 0.1) is 0 Å². The molecular weight excluding hydrogens is 469 g/mol. The summed E-state index contributed by atoms with van der Waals surface area (Å²) in [6.07, 6.45) is 4.32. The highest BCUT2D eigenvalue weighted by Gasteiger charge is 2.26. The number of guanidine groups is 1. The fraction of sp³-hybridized carbons (Fsp3) is 0.667. The van der Waals surface area contributed by atoms with Crippen molar-refractivity contribution in [1.82, 2.24) is 10.6 Å². The van der Waals surface area contributed by atoms with Crippen LogP contribution in [0.5, 0.6) is 0 Å². The van der Waals surface area contributed by atoms with Gasteiger partial charge in [-0.3, -0.25) is 9.20 Å². The Hall–Kier alpha value is -0.630. The van der Waals surface area contributed by atoms with Gasteiger partial charge in [0.2, 0.25) is 0 Å². The molecule has 0 radical (unpaired) electrons. The maximum absolute atomic E-state index is 12.1. The van der Waals surface area contributed by atoms with E-state index in [4.69, 9.17) is 0 Å². The molecule has 1 aromatic rings. The summed E-state index contributed by atoms with van der Waals surface area (Å²) in [5.41, 5.74) is 2.77. The monoisotopic (exact) mass is 505 g/mol. The Balaban J connectivity index is 0.00000364. The van der Waals surface area contributed by atoms with E-state index in [9.17, 15) is 4.21 Å². The smallest absolute Gasteiger partial charge is 0.191 e. The van der Waals surface area contributed by atoms with Crippen LogP contribution in [-0.4, -0.2) is 34.3 Å². The molecule has 1 saturated carbocycles. The third-order valence-corrected chi connectivity index (χ3v) is 6.87. The minimum absolute atomic E-state index is 0. The van der Waals surface area contributed by atoms with E-state index >= 15 is 0 Å². The molecule has 1 fully saturated rings. The van der Waals surface area contributed by atoms with Gasteiger partial charge in [-0.25, -0.2) is 0 Å². The summed E-state index contributed by atoms with van der Waals surface area (Å²) in [5.74, 6) is 1.59. The van der Waals surface area contributed by atoms with Gasteiger partial charge < -0.3 is 10.6 Å². The maximum atomic E-state index is 12.1. The zero-order chi connectivity index (χ0) is 19.2. The van der Waals surface area contributed by atoms with E-state index in [1.54, 1.807) is 0 Å². The van der Waals surface area contributed by atoms with E-state index in [1.165, 1.54) is 11.1 Å². The molecule has 2 N–H and O–H groups in total. The summed E-state index contributed by atoms with van der Waals surface area (Å²) < 4.78 is 12.1. The van der Waals surface area contributed by atoms with Crippen LogP contribution in [0.2, 0.25) is 0 Å².